The number of nitrogens with one attached hydrogen (secondary N) is 2. The number of hydrogen-bond acceptors (Lipinski definition) is 4. The number of aromatic nitrogens is 3. The van der Waals surface area contributed by atoms with Gasteiger partial charge in [0.05, 0.1) is 6.54 Å². The Kier molecular flexibility index (Phi) is 8.04. The third-order valence-corrected chi connectivity index (χ3v) is 5.50. The van der Waals surface area contributed by atoms with Gasteiger partial charge in [-0.15, -0.1) is 0 Å². The normalized spacial score (nSPS) is 18.0. The lowest BCUT2D eigenvalue weighted by atomic mass is 10.0. The van der Waals surface area contributed by atoms with Crippen LogP contribution in [0.25, 0.3) is 5.82 Å². The van der Waals surface area contributed by atoms with E-state index < -0.39 is 0 Å². The van der Waals surface area contributed by atoms with E-state index in [1.807, 2.05) is 30.0 Å². The molecule has 2 aromatic heterocycles. The molecule has 29 heavy (non-hydrogen) atoms. The Morgan fingerprint density at radius 3 is 2.83 bits per heavy atom. The van der Waals surface area contributed by atoms with Gasteiger partial charge in [-0.1, -0.05) is 12.5 Å². The zero-order valence-electron chi connectivity index (χ0n) is 18.1. The van der Waals surface area contributed by atoms with Crippen molar-refractivity contribution in [1.82, 2.24) is 30.1 Å². The fraction of sp³-hybridized carbons (Fsp3) is 0.591. The zero-order valence-corrected chi connectivity index (χ0v) is 18.1. The van der Waals surface area contributed by atoms with Gasteiger partial charge in [0.2, 0.25) is 0 Å². The number of guanidine groups is 1. The monoisotopic (exact) mass is 397 g/mol. The molecular weight excluding hydrogens is 362 g/mol. The van der Waals surface area contributed by atoms with Gasteiger partial charge >= 0.3 is 0 Å². The van der Waals surface area contributed by atoms with Crippen LogP contribution < -0.4 is 10.6 Å². The highest BCUT2D eigenvalue weighted by Gasteiger charge is 2.17. The SMILES string of the molecule is CCNC(=NCc1ccc(-n2ccnc2C)nc1)NCCCN1CCCCC1C. The molecule has 3 heterocycles. The van der Waals surface area contributed by atoms with Gasteiger partial charge in [-0.3, -0.25) is 4.57 Å². The van der Waals surface area contributed by atoms with Crippen molar-refractivity contribution in [2.24, 2.45) is 4.99 Å². The van der Waals surface area contributed by atoms with Gasteiger partial charge in [0.25, 0.3) is 0 Å². The Hall–Kier alpha value is -2.41. The minimum atomic E-state index is 0.606. The quantitative estimate of drug-likeness (QED) is 0.407. The van der Waals surface area contributed by atoms with Crippen LogP contribution in [0.4, 0.5) is 0 Å². The van der Waals surface area contributed by atoms with Crippen LogP contribution >= 0.6 is 0 Å². The van der Waals surface area contributed by atoms with E-state index in [0.717, 1.165) is 55.3 Å². The lowest BCUT2D eigenvalue weighted by Crippen LogP contribution is -2.41. The summed E-state index contributed by atoms with van der Waals surface area (Å²) in [6, 6.07) is 4.82. The summed E-state index contributed by atoms with van der Waals surface area (Å²) in [5.74, 6) is 2.68. The summed E-state index contributed by atoms with van der Waals surface area (Å²) in [7, 11) is 0. The highest BCUT2D eigenvalue weighted by molar-refractivity contribution is 5.79. The average Bonchev–Trinajstić information content (AvgIpc) is 3.16. The van der Waals surface area contributed by atoms with Gasteiger partial charge in [-0.05, 0) is 58.2 Å². The highest BCUT2D eigenvalue weighted by atomic mass is 15.2. The van der Waals surface area contributed by atoms with Crippen LogP contribution in [-0.4, -0.2) is 57.6 Å². The first-order valence-corrected chi connectivity index (χ1v) is 10.9. The molecule has 0 bridgehead atoms. The summed E-state index contributed by atoms with van der Waals surface area (Å²) in [4.78, 5) is 16.1. The van der Waals surface area contributed by atoms with Crippen molar-refractivity contribution >= 4 is 5.96 Å². The van der Waals surface area contributed by atoms with E-state index in [-0.39, 0.29) is 0 Å². The van der Waals surface area contributed by atoms with Crippen LogP contribution in [0.15, 0.2) is 35.7 Å². The Labute approximate surface area is 174 Å². The second-order valence-corrected chi connectivity index (χ2v) is 7.73. The second kappa shape index (κ2) is 11.0. The van der Waals surface area contributed by atoms with E-state index in [4.69, 9.17) is 4.99 Å². The van der Waals surface area contributed by atoms with Gasteiger partial charge in [-0.25, -0.2) is 15.0 Å². The molecular formula is C22H35N7. The molecule has 1 aliphatic heterocycles. The topological polar surface area (TPSA) is 70.4 Å². The van der Waals surface area contributed by atoms with Crippen molar-refractivity contribution in [1.29, 1.82) is 0 Å². The maximum atomic E-state index is 4.71. The van der Waals surface area contributed by atoms with E-state index in [2.05, 4.69) is 45.4 Å². The number of hydrogen-bond donors (Lipinski definition) is 2. The molecule has 1 aliphatic rings. The van der Waals surface area contributed by atoms with E-state index in [1.54, 1.807) is 6.20 Å². The number of aliphatic imine (C=N–C) groups is 1. The first-order chi connectivity index (χ1) is 14.2. The Morgan fingerprint density at radius 1 is 1.24 bits per heavy atom. The fourth-order valence-electron chi connectivity index (χ4n) is 3.76. The molecule has 1 saturated heterocycles. The first-order valence-electron chi connectivity index (χ1n) is 10.9. The summed E-state index contributed by atoms with van der Waals surface area (Å²) in [6.07, 6.45) is 10.8. The van der Waals surface area contributed by atoms with Gasteiger partial charge in [0, 0.05) is 44.3 Å². The predicted octanol–water partition coefficient (Wildman–Crippen LogP) is 2.90. The molecule has 2 N–H and O–H groups in total. The van der Waals surface area contributed by atoms with Gasteiger partial charge in [-0.2, -0.15) is 0 Å². The maximum Gasteiger partial charge on any atom is 0.191 e. The van der Waals surface area contributed by atoms with Crippen LogP contribution in [0.2, 0.25) is 0 Å². The van der Waals surface area contributed by atoms with Gasteiger partial charge in [0.1, 0.15) is 11.6 Å². The molecule has 1 atom stereocenters. The third kappa shape index (κ3) is 6.29. The minimum Gasteiger partial charge on any atom is -0.357 e. The van der Waals surface area contributed by atoms with Gasteiger partial charge < -0.3 is 15.5 Å². The van der Waals surface area contributed by atoms with Crippen molar-refractivity contribution in [2.75, 3.05) is 26.2 Å². The molecule has 7 heteroatoms. The van der Waals surface area contributed by atoms with Crippen molar-refractivity contribution in [3.8, 4) is 5.82 Å². The van der Waals surface area contributed by atoms with Crippen LogP contribution in [0.3, 0.4) is 0 Å². The predicted molar refractivity (Wildman–Crippen MR) is 118 cm³/mol. The van der Waals surface area contributed by atoms with Crippen LogP contribution in [0, 0.1) is 6.92 Å². The molecule has 0 radical (unpaired) electrons. The Balaban J connectivity index is 1.47. The molecule has 7 nitrogen and oxygen atoms in total. The lowest BCUT2D eigenvalue weighted by Gasteiger charge is -2.33. The molecule has 0 saturated carbocycles. The Bertz CT molecular complexity index is 766. The molecule has 0 amide bonds. The average molecular weight is 398 g/mol. The zero-order chi connectivity index (χ0) is 20.5. The van der Waals surface area contributed by atoms with Crippen LogP contribution in [0.5, 0.6) is 0 Å². The Morgan fingerprint density at radius 2 is 2.14 bits per heavy atom. The fourth-order valence-corrected chi connectivity index (χ4v) is 3.76. The second-order valence-electron chi connectivity index (χ2n) is 7.73. The number of piperidine rings is 1. The maximum absolute atomic E-state index is 4.71. The number of aryl methyl sites for hydroxylation is 1. The largest absolute Gasteiger partial charge is 0.357 e. The molecule has 1 unspecified atom stereocenters. The molecule has 1 fully saturated rings. The summed E-state index contributed by atoms with van der Waals surface area (Å²) < 4.78 is 1.97. The smallest absolute Gasteiger partial charge is 0.191 e. The van der Waals surface area contributed by atoms with Crippen molar-refractivity contribution in [3.05, 3.63) is 42.1 Å². The van der Waals surface area contributed by atoms with E-state index in [0.29, 0.717) is 6.54 Å². The molecule has 0 spiro atoms. The van der Waals surface area contributed by atoms with E-state index in [1.165, 1.54) is 25.8 Å². The molecule has 0 aromatic carbocycles. The standard InChI is InChI=1S/C22H35N7/c1-4-23-22(25-11-7-14-28-13-6-5-8-18(28)2)27-17-20-9-10-21(26-16-20)29-15-12-24-19(29)3/h9-10,12,15-16,18H,4-8,11,13-14,17H2,1-3H3,(H2,23,25,27). The summed E-state index contributed by atoms with van der Waals surface area (Å²) in [5, 5.41) is 6.80. The molecule has 3 rings (SSSR count). The van der Waals surface area contributed by atoms with Crippen molar-refractivity contribution in [3.63, 3.8) is 0 Å². The van der Waals surface area contributed by atoms with Crippen molar-refractivity contribution < 1.29 is 0 Å². The van der Waals surface area contributed by atoms with E-state index >= 15 is 0 Å². The van der Waals surface area contributed by atoms with Crippen LogP contribution in [-0.2, 0) is 6.54 Å². The lowest BCUT2D eigenvalue weighted by molar-refractivity contribution is 0.159. The summed E-state index contributed by atoms with van der Waals surface area (Å²) >= 11 is 0. The molecule has 2 aromatic rings. The summed E-state index contributed by atoms with van der Waals surface area (Å²) in [6.45, 7) is 11.2. The number of imidazole rings is 1. The third-order valence-electron chi connectivity index (χ3n) is 5.50. The number of rotatable bonds is 8. The number of pyridine rings is 1. The highest BCUT2D eigenvalue weighted by Crippen LogP contribution is 2.16. The molecule has 158 valence electrons. The minimum absolute atomic E-state index is 0.606. The van der Waals surface area contributed by atoms with Crippen LogP contribution in [0.1, 0.15) is 50.9 Å². The number of likely N-dealkylation sites (tertiary alicyclic amines) is 1. The summed E-state index contributed by atoms with van der Waals surface area (Å²) in [5.41, 5.74) is 1.09. The molecule has 0 aliphatic carbocycles. The van der Waals surface area contributed by atoms with Crippen molar-refractivity contribution in [2.45, 2.75) is 59.0 Å². The van der Waals surface area contributed by atoms with Gasteiger partial charge in [0.15, 0.2) is 5.96 Å². The van der Waals surface area contributed by atoms with E-state index in [9.17, 15) is 0 Å². The number of nitrogens with zero attached hydrogens (tertiary/aromatic N) is 5. The first kappa shape index (κ1) is 21.3.